The standard InChI is InChI=1S/C9H4F5/c1-2-3-4-5(10)7(12)9(14)8(13)6(4)11/h2-3H,1H2/b3-2+. The summed E-state index contributed by atoms with van der Waals surface area (Å²) >= 11 is 0. The van der Waals surface area contributed by atoms with E-state index in [4.69, 9.17) is 0 Å². The topological polar surface area (TPSA) is 0 Å². The molecule has 0 atom stereocenters. The molecule has 75 valence electrons. The smallest absolute Gasteiger partial charge is 0.200 e. The molecular formula is C9H4F5. The summed E-state index contributed by atoms with van der Waals surface area (Å²) in [7, 11) is 0. The highest BCUT2D eigenvalue weighted by Crippen LogP contribution is 2.23. The zero-order valence-corrected chi connectivity index (χ0v) is 6.75. The fourth-order valence-electron chi connectivity index (χ4n) is 0.886. The summed E-state index contributed by atoms with van der Waals surface area (Å²) in [5.41, 5.74) is -0.989. The van der Waals surface area contributed by atoms with E-state index in [0.717, 1.165) is 6.08 Å². The number of benzene rings is 1. The van der Waals surface area contributed by atoms with Crippen LogP contribution >= 0.6 is 0 Å². The van der Waals surface area contributed by atoms with Crippen LogP contribution in [0, 0.1) is 36.0 Å². The average molecular weight is 207 g/mol. The van der Waals surface area contributed by atoms with Crippen LogP contribution in [0.2, 0.25) is 0 Å². The van der Waals surface area contributed by atoms with Crippen LogP contribution in [-0.2, 0) is 0 Å². The molecule has 0 unspecified atom stereocenters. The SMILES string of the molecule is [CH2]/C=C/c1c(F)c(F)c(F)c(F)c1F. The van der Waals surface area contributed by atoms with E-state index in [9.17, 15) is 22.0 Å². The number of hydrogen-bond donors (Lipinski definition) is 0. The lowest BCUT2D eigenvalue weighted by atomic mass is 10.1. The van der Waals surface area contributed by atoms with Crippen LogP contribution in [0.4, 0.5) is 22.0 Å². The Morgan fingerprint density at radius 1 is 0.714 bits per heavy atom. The maximum absolute atomic E-state index is 12.8. The van der Waals surface area contributed by atoms with E-state index in [1.807, 2.05) is 0 Å². The summed E-state index contributed by atoms with van der Waals surface area (Å²) in [6.07, 6.45) is 1.63. The second kappa shape index (κ2) is 3.77. The molecule has 5 heteroatoms. The molecule has 0 N–H and O–H groups in total. The van der Waals surface area contributed by atoms with Crippen molar-refractivity contribution in [3.8, 4) is 0 Å². The fraction of sp³-hybridized carbons (Fsp3) is 0. The summed E-state index contributed by atoms with van der Waals surface area (Å²) in [5.74, 6) is -9.81. The summed E-state index contributed by atoms with van der Waals surface area (Å²) in [6, 6.07) is 0. The third-order valence-corrected chi connectivity index (χ3v) is 1.53. The number of rotatable bonds is 1. The lowest BCUT2D eigenvalue weighted by Crippen LogP contribution is -2.03. The van der Waals surface area contributed by atoms with Crippen molar-refractivity contribution >= 4 is 6.08 Å². The molecule has 0 heterocycles. The van der Waals surface area contributed by atoms with E-state index in [2.05, 4.69) is 6.92 Å². The molecule has 0 aliphatic carbocycles. The molecular weight excluding hydrogens is 203 g/mol. The molecule has 1 radical (unpaired) electrons. The summed E-state index contributed by atoms with van der Waals surface area (Å²) in [6.45, 7) is 3.09. The Bertz CT molecular complexity index is 366. The van der Waals surface area contributed by atoms with E-state index in [1.165, 1.54) is 0 Å². The van der Waals surface area contributed by atoms with Crippen LogP contribution < -0.4 is 0 Å². The van der Waals surface area contributed by atoms with Gasteiger partial charge in [-0.25, -0.2) is 22.0 Å². The van der Waals surface area contributed by atoms with Crippen LogP contribution in [0.5, 0.6) is 0 Å². The minimum absolute atomic E-state index is 0.705. The molecule has 0 amide bonds. The molecule has 0 bridgehead atoms. The predicted octanol–water partition coefficient (Wildman–Crippen LogP) is 3.23. The lowest BCUT2D eigenvalue weighted by molar-refractivity contribution is 0.377. The van der Waals surface area contributed by atoms with Crippen LogP contribution in [0.3, 0.4) is 0 Å². The van der Waals surface area contributed by atoms with Crippen molar-refractivity contribution in [3.05, 3.63) is 47.6 Å². The monoisotopic (exact) mass is 207 g/mol. The Kier molecular flexibility index (Phi) is 2.88. The molecule has 0 aliphatic heterocycles. The van der Waals surface area contributed by atoms with Gasteiger partial charge in [0.15, 0.2) is 23.3 Å². The maximum atomic E-state index is 12.8. The molecule has 0 saturated heterocycles. The zero-order chi connectivity index (χ0) is 10.9. The Labute approximate surface area is 76.7 Å². The molecule has 0 nitrogen and oxygen atoms in total. The molecule has 0 spiro atoms. The molecule has 0 aromatic heterocycles. The number of allylic oxidation sites excluding steroid dienone is 1. The molecule has 1 rings (SSSR count). The Balaban J connectivity index is 3.59. The highest BCUT2D eigenvalue weighted by atomic mass is 19.2. The number of hydrogen-bond acceptors (Lipinski definition) is 0. The molecule has 0 aliphatic rings. The van der Waals surface area contributed by atoms with Gasteiger partial charge in [-0.1, -0.05) is 12.2 Å². The third-order valence-electron chi connectivity index (χ3n) is 1.53. The maximum Gasteiger partial charge on any atom is 0.200 e. The minimum atomic E-state index is -2.17. The van der Waals surface area contributed by atoms with E-state index in [-0.39, 0.29) is 0 Å². The minimum Gasteiger partial charge on any atom is -0.203 e. The predicted molar refractivity (Wildman–Crippen MR) is 40.6 cm³/mol. The van der Waals surface area contributed by atoms with Crippen molar-refractivity contribution < 1.29 is 22.0 Å². The first-order chi connectivity index (χ1) is 6.50. The van der Waals surface area contributed by atoms with E-state index >= 15 is 0 Å². The van der Waals surface area contributed by atoms with Gasteiger partial charge < -0.3 is 0 Å². The van der Waals surface area contributed by atoms with E-state index in [1.54, 1.807) is 0 Å². The average Bonchev–Trinajstić information content (AvgIpc) is 2.19. The second-order valence-corrected chi connectivity index (χ2v) is 2.39. The summed E-state index contributed by atoms with van der Waals surface area (Å²) in [5, 5.41) is 0. The van der Waals surface area contributed by atoms with Gasteiger partial charge in [-0.05, 0) is 6.92 Å². The first-order valence-electron chi connectivity index (χ1n) is 3.48. The molecule has 14 heavy (non-hydrogen) atoms. The van der Waals surface area contributed by atoms with Gasteiger partial charge in [0.2, 0.25) is 5.82 Å². The second-order valence-electron chi connectivity index (χ2n) is 2.39. The van der Waals surface area contributed by atoms with Crippen molar-refractivity contribution in [2.45, 2.75) is 0 Å². The van der Waals surface area contributed by atoms with Crippen molar-refractivity contribution in [2.24, 2.45) is 0 Å². The van der Waals surface area contributed by atoms with Gasteiger partial charge in [0, 0.05) is 0 Å². The molecule has 0 saturated carbocycles. The molecule has 1 aromatic carbocycles. The highest BCUT2D eigenvalue weighted by molar-refractivity contribution is 5.51. The quantitative estimate of drug-likeness (QED) is 0.376. The Hall–Kier alpha value is -1.39. The Morgan fingerprint density at radius 2 is 1.07 bits per heavy atom. The largest absolute Gasteiger partial charge is 0.203 e. The third kappa shape index (κ3) is 1.49. The van der Waals surface area contributed by atoms with Gasteiger partial charge in [-0.2, -0.15) is 0 Å². The summed E-state index contributed by atoms with van der Waals surface area (Å²) < 4.78 is 63.1. The zero-order valence-electron chi connectivity index (χ0n) is 6.75. The van der Waals surface area contributed by atoms with E-state index < -0.39 is 34.6 Å². The lowest BCUT2D eigenvalue weighted by Gasteiger charge is -2.03. The van der Waals surface area contributed by atoms with Gasteiger partial charge >= 0.3 is 0 Å². The van der Waals surface area contributed by atoms with Crippen molar-refractivity contribution in [3.63, 3.8) is 0 Å². The van der Waals surface area contributed by atoms with Crippen molar-refractivity contribution in [1.82, 2.24) is 0 Å². The van der Waals surface area contributed by atoms with E-state index in [0.29, 0.717) is 6.08 Å². The van der Waals surface area contributed by atoms with Crippen molar-refractivity contribution in [2.75, 3.05) is 0 Å². The fourth-order valence-corrected chi connectivity index (χ4v) is 0.886. The molecule has 1 aromatic rings. The van der Waals surface area contributed by atoms with Gasteiger partial charge in [0.1, 0.15) is 0 Å². The van der Waals surface area contributed by atoms with Gasteiger partial charge in [0.05, 0.1) is 5.56 Å². The van der Waals surface area contributed by atoms with Crippen LogP contribution in [0.1, 0.15) is 5.56 Å². The van der Waals surface area contributed by atoms with Gasteiger partial charge in [0.25, 0.3) is 0 Å². The van der Waals surface area contributed by atoms with Crippen LogP contribution in [0.15, 0.2) is 6.08 Å². The van der Waals surface area contributed by atoms with Gasteiger partial charge in [-0.15, -0.1) is 0 Å². The van der Waals surface area contributed by atoms with Crippen molar-refractivity contribution in [1.29, 1.82) is 0 Å². The van der Waals surface area contributed by atoms with Crippen LogP contribution in [-0.4, -0.2) is 0 Å². The van der Waals surface area contributed by atoms with Gasteiger partial charge in [-0.3, -0.25) is 0 Å². The number of halogens is 5. The first kappa shape index (κ1) is 10.7. The highest BCUT2D eigenvalue weighted by Gasteiger charge is 2.23. The normalized spacial score (nSPS) is 11.3. The van der Waals surface area contributed by atoms with Crippen LogP contribution in [0.25, 0.3) is 6.08 Å². The summed E-state index contributed by atoms with van der Waals surface area (Å²) in [4.78, 5) is 0. The molecule has 0 fully saturated rings. The Morgan fingerprint density at radius 3 is 1.43 bits per heavy atom. The first-order valence-corrected chi connectivity index (χ1v) is 3.48.